The molecule has 0 spiro atoms. The molecule has 0 amide bonds. The van der Waals surface area contributed by atoms with E-state index in [0.29, 0.717) is 12.2 Å². The van der Waals surface area contributed by atoms with Crippen LogP contribution in [-0.4, -0.2) is 39.5 Å². The molecule has 1 aromatic rings. The molecule has 1 aromatic carbocycles. The number of aliphatic hydroxyl groups is 1. The van der Waals surface area contributed by atoms with E-state index in [1.165, 1.54) is 7.86 Å². The van der Waals surface area contributed by atoms with Gasteiger partial charge in [0.05, 0.1) is 0 Å². The van der Waals surface area contributed by atoms with Crippen LogP contribution in [-0.2, 0) is 72.2 Å². The maximum absolute atomic E-state index is 10.9. The maximum atomic E-state index is 10.9. The van der Waals surface area contributed by atoms with Gasteiger partial charge < -0.3 is 10.2 Å². The Hall–Kier alpha value is -0.0499. The summed E-state index contributed by atoms with van der Waals surface area (Å²) in [7, 11) is 0. The first kappa shape index (κ1) is 25.0. The standard InChI is InChI=1S/C13H16O2.2C2H4O2.2Hg/c1-10-8-13(14,9-11(2)15-10)12-6-4-3-5-7-12;2*1-2(3)4;;/h3-7,10-11,14H,1-2,8-9H2;2*1H3,(H,3,4);;. The summed E-state index contributed by atoms with van der Waals surface area (Å²) in [6.45, 7) is 2.17. The molecule has 0 aliphatic carbocycles. The van der Waals surface area contributed by atoms with E-state index in [2.05, 4.69) is 12.1 Å². The third-order valence-corrected chi connectivity index (χ3v) is 8.48. The van der Waals surface area contributed by atoms with Crippen molar-refractivity contribution in [2.75, 3.05) is 0 Å². The number of hydrogen-bond acceptors (Lipinski definition) is 4. The van der Waals surface area contributed by atoms with Gasteiger partial charge in [0.25, 0.3) is 11.9 Å². The van der Waals surface area contributed by atoms with Crippen LogP contribution in [0.1, 0.15) is 32.3 Å². The second-order valence-electron chi connectivity index (χ2n) is 5.80. The SMILES string of the molecule is CC(=O)O.CC(=O)O.OC1(c2ccccc2)CC([CH2][Hg])OC([CH2][Hg])C1. The van der Waals surface area contributed by atoms with Crippen molar-refractivity contribution in [3.05, 3.63) is 35.9 Å². The molecule has 3 N–H and O–H groups in total. The summed E-state index contributed by atoms with van der Waals surface area (Å²) < 4.78 is 8.40. The molecule has 0 saturated carbocycles. The van der Waals surface area contributed by atoms with Crippen LogP contribution in [0.15, 0.2) is 30.3 Å². The van der Waals surface area contributed by atoms with Gasteiger partial charge >= 0.3 is 136 Å². The average molecular weight is 726 g/mol. The summed E-state index contributed by atoms with van der Waals surface area (Å²) in [5, 5.41) is 25.7. The molecule has 2 rings (SSSR count). The molecule has 6 nitrogen and oxygen atoms in total. The van der Waals surface area contributed by atoms with Gasteiger partial charge in [-0.05, 0) is 0 Å². The van der Waals surface area contributed by atoms with E-state index < -0.39 is 17.5 Å². The van der Waals surface area contributed by atoms with Gasteiger partial charge in [-0.15, -0.1) is 0 Å². The molecule has 1 heterocycles. The normalized spacial score (nSPS) is 24.9. The second-order valence-corrected chi connectivity index (χ2v) is 10.3. The van der Waals surface area contributed by atoms with E-state index in [9.17, 15) is 5.11 Å². The van der Waals surface area contributed by atoms with Crippen LogP contribution in [0, 0.1) is 0 Å². The summed E-state index contributed by atoms with van der Waals surface area (Å²) in [6.07, 6.45) is 2.16. The molecule has 1 saturated heterocycles. The first-order chi connectivity index (χ1) is 11.6. The van der Waals surface area contributed by atoms with E-state index in [4.69, 9.17) is 24.5 Å². The molecule has 8 heteroatoms. The molecule has 0 bridgehead atoms. The number of carbonyl (C=O) groups is 2. The minimum absolute atomic E-state index is 0.297. The third kappa shape index (κ3) is 11.3. The zero-order valence-electron chi connectivity index (χ0n) is 14.9. The molecule has 25 heavy (non-hydrogen) atoms. The van der Waals surface area contributed by atoms with E-state index in [0.717, 1.165) is 84.5 Å². The van der Waals surface area contributed by atoms with Crippen LogP contribution in [0.3, 0.4) is 0 Å². The Bertz CT molecular complexity index is 491. The first-order valence-electron chi connectivity index (χ1n) is 8.05. The molecular weight excluding hydrogens is 701 g/mol. The van der Waals surface area contributed by atoms with Gasteiger partial charge in [-0.2, -0.15) is 0 Å². The first-order valence-corrected chi connectivity index (χ1v) is 15.8. The number of hydrogen-bond donors (Lipinski definition) is 3. The van der Waals surface area contributed by atoms with Gasteiger partial charge in [0, 0.05) is 13.8 Å². The van der Waals surface area contributed by atoms with Gasteiger partial charge in [0.15, 0.2) is 0 Å². The fourth-order valence-corrected chi connectivity index (χ4v) is 5.17. The quantitative estimate of drug-likeness (QED) is 0.415. The molecule has 1 fully saturated rings. The summed E-state index contributed by atoms with van der Waals surface area (Å²) in [5.74, 6) is -1.67. The van der Waals surface area contributed by atoms with Crippen molar-refractivity contribution in [2.45, 2.75) is 52.4 Å². The van der Waals surface area contributed by atoms with E-state index in [1.807, 2.05) is 18.2 Å². The fourth-order valence-electron chi connectivity index (χ4n) is 2.53. The van der Waals surface area contributed by atoms with E-state index in [-0.39, 0.29) is 0 Å². The average Bonchev–Trinajstić information content (AvgIpc) is 2.54. The summed E-state index contributed by atoms with van der Waals surface area (Å²) in [5.41, 5.74) is 0.426. The number of rotatable bonds is 3. The van der Waals surface area contributed by atoms with Crippen molar-refractivity contribution >= 4 is 11.9 Å². The van der Waals surface area contributed by atoms with Crippen molar-refractivity contribution in [3.8, 4) is 0 Å². The Balaban J connectivity index is 0.000000609. The number of carboxylic acids is 2. The zero-order valence-corrected chi connectivity index (χ0v) is 25.8. The van der Waals surface area contributed by atoms with Gasteiger partial charge in [-0.1, -0.05) is 0 Å². The predicted molar refractivity (Wildman–Crippen MR) is 84.5 cm³/mol. The van der Waals surface area contributed by atoms with Crippen molar-refractivity contribution < 1.29 is 81.9 Å². The van der Waals surface area contributed by atoms with Crippen molar-refractivity contribution in [3.63, 3.8) is 0 Å². The second kappa shape index (κ2) is 13.2. The number of ether oxygens (including phenoxy) is 1. The fraction of sp³-hybridized carbons (Fsp3) is 0.529. The van der Waals surface area contributed by atoms with Gasteiger partial charge in [0.2, 0.25) is 0 Å². The van der Waals surface area contributed by atoms with Crippen molar-refractivity contribution in [1.29, 1.82) is 0 Å². The zero-order chi connectivity index (χ0) is 19.5. The minimum atomic E-state index is -0.833. The van der Waals surface area contributed by atoms with E-state index >= 15 is 0 Å². The van der Waals surface area contributed by atoms with Gasteiger partial charge in [-0.3, -0.25) is 9.59 Å². The molecule has 132 valence electrons. The monoisotopic (exact) mass is 728 g/mol. The molecule has 1 aliphatic rings. The van der Waals surface area contributed by atoms with Crippen LogP contribution in [0.4, 0.5) is 0 Å². The Morgan fingerprint density at radius 1 is 1.04 bits per heavy atom. The Morgan fingerprint density at radius 2 is 1.40 bits per heavy atom. The van der Waals surface area contributed by atoms with E-state index in [1.54, 1.807) is 0 Å². The summed E-state index contributed by atoms with van der Waals surface area (Å²) >= 11 is 1.50. The van der Waals surface area contributed by atoms with Crippen LogP contribution >= 0.6 is 0 Å². The summed E-state index contributed by atoms with van der Waals surface area (Å²) in [6, 6.07) is 10.1. The summed E-state index contributed by atoms with van der Waals surface area (Å²) in [4.78, 5) is 18.0. The molecule has 1 aliphatic heterocycles. The van der Waals surface area contributed by atoms with Crippen molar-refractivity contribution in [1.82, 2.24) is 0 Å². The third-order valence-electron chi connectivity index (χ3n) is 3.47. The van der Waals surface area contributed by atoms with Gasteiger partial charge in [0.1, 0.15) is 0 Å². The molecular formula is C17H24Hg2O6. The van der Waals surface area contributed by atoms with Crippen LogP contribution in [0.25, 0.3) is 0 Å². The number of aliphatic carboxylic acids is 2. The van der Waals surface area contributed by atoms with Gasteiger partial charge in [-0.25, -0.2) is 0 Å². The van der Waals surface area contributed by atoms with Crippen LogP contribution in [0.5, 0.6) is 0 Å². The molecule has 0 radical (unpaired) electrons. The number of carboxylic acid groups (broad SMARTS) is 2. The Labute approximate surface area is 180 Å². The molecule has 2 atom stereocenters. The predicted octanol–water partition coefficient (Wildman–Crippen LogP) is 2.53. The molecule has 2 unspecified atom stereocenters. The topological polar surface area (TPSA) is 104 Å². The Kier molecular flexibility index (Phi) is 13.1. The number of benzene rings is 1. The van der Waals surface area contributed by atoms with Crippen LogP contribution < -0.4 is 0 Å². The van der Waals surface area contributed by atoms with Crippen molar-refractivity contribution in [2.24, 2.45) is 0 Å². The molecule has 0 aromatic heterocycles. The van der Waals surface area contributed by atoms with Crippen LogP contribution in [0.2, 0.25) is 7.86 Å². The Morgan fingerprint density at radius 3 is 1.72 bits per heavy atom.